The number of rotatable bonds is 5. The topological polar surface area (TPSA) is 70.6 Å². The first kappa shape index (κ1) is 17.3. The van der Waals surface area contributed by atoms with E-state index in [1.807, 2.05) is 60.3 Å². The second kappa shape index (κ2) is 8.04. The number of carbonyl (C=O) groups excluding carboxylic acids is 1. The summed E-state index contributed by atoms with van der Waals surface area (Å²) in [5.41, 5.74) is 0.951. The molecular formula is C18H23N5O2. The quantitative estimate of drug-likeness (QED) is 0.892. The lowest BCUT2D eigenvalue weighted by Crippen LogP contribution is -2.47. The molecule has 7 heteroatoms. The number of amides is 1. The van der Waals surface area contributed by atoms with Gasteiger partial charge in [0.15, 0.2) is 5.82 Å². The molecule has 0 aliphatic carbocycles. The number of anilines is 2. The standard InChI is InChI=1S/C18H23N5O2/c1-22(2)12-17(24)23-10-11-25-13-15(23)18-19-9-8-16(21-18)20-14-6-4-3-5-7-14/h3-9,15H,10-13H2,1-2H3,(H,19,20,21)/t15-/m0/s1. The number of aromatic nitrogens is 2. The molecule has 25 heavy (non-hydrogen) atoms. The summed E-state index contributed by atoms with van der Waals surface area (Å²) in [6.45, 7) is 1.86. The van der Waals surface area contributed by atoms with Gasteiger partial charge in [-0.15, -0.1) is 0 Å². The zero-order valence-electron chi connectivity index (χ0n) is 14.6. The summed E-state index contributed by atoms with van der Waals surface area (Å²) < 4.78 is 5.57. The molecule has 1 amide bonds. The maximum atomic E-state index is 12.5. The fourth-order valence-electron chi connectivity index (χ4n) is 2.75. The molecule has 1 aromatic carbocycles. The molecule has 0 unspecified atom stereocenters. The van der Waals surface area contributed by atoms with Gasteiger partial charge in [0, 0.05) is 18.4 Å². The number of ether oxygens (including phenoxy) is 1. The normalized spacial score (nSPS) is 17.6. The summed E-state index contributed by atoms with van der Waals surface area (Å²) in [4.78, 5) is 25.2. The van der Waals surface area contributed by atoms with Crippen molar-refractivity contribution < 1.29 is 9.53 Å². The highest BCUT2D eigenvalue weighted by atomic mass is 16.5. The van der Waals surface area contributed by atoms with Crippen molar-refractivity contribution in [2.45, 2.75) is 6.04 Å². The number of nitrogens with zero attached hydrogens (tertiary/aromatic N) is 4. The van der Waals surface area contributed by atoms with Crippen LogP contribution in [0.25, 0.3) is 0 Å². The molecule has 132 valence electrons. The Morgan fingerprint density at radius 1 is 1.32 bits per heavy atom. The fourth-order valence-corrected chi connectivity index (χ4v) is 2.75. The van der Waals surface area contributed by atoms with Crippen LogP contribution >= 0.6 is 0 Å². The van der Waals surface area contributed by atoms with E-state index in [2.05, 4.69) is 15.3 Å². The van der Waals surface area contributed by atoms with Gasteiger partial charge in [-0.3, -0.25) is 4.79 Å². The van der Waals surface area contributed by atoms with Crippen molar-refractivity contribution in [2.75, 3.05) is 45.7 Å². The van der Waals surface area contributed by atoms with E-state index in [4.69, 9.17) is 4.74 Å². The summed E-state index contributed by atoms with van der Waals surface area (Å²) in [6.07, 6.45) is 1.71. The third-order valence-electron chi connectivity index (χ3n) is 3.92. The van der Waals surface area contributed by atoms with Crippen LogP contribution in [0.5, 0.6) is 0 Å². The Labute approximate surface area is 147 Å². The zero-order valence-corrected chi connectivity index (χ0v) is 14.6. The second-order valence-corrected chi connectivity index (χ2v) is 6.21. The summed E-state index contributed by atoms with van der Waals surface area (Å²) >= 11 is 0. The number of hydrogen-bond acceptors (Lipinski definition) is 6. The Kier molecular flexibility index (Phi) is 5.57. The van der Waals surface area contributed by atoms with E-state index in [1.54, 1.807) is 6.20 Å². The monoisotopic (exact) mass is 341 g/mol. The van der Waals surface area contributed by atoms with Gasteiger partial charge in [-0.05, 0) is 32.3 Å². The molecule has 0 spiro atoms. The molecule has 2 heterocycles. The second-order valence-electron chi connectivity index (χ2n) is 6.21. The van der Waals surface area contributed by atoms with Crippen molar-refractivity contribution in [1.29, 1.82) is 0 Å². The zero-order chi connectivity index (χ0) is 17.6. The van der Waals surface area contributed by atoms with E-state index >= 15 is 0 Å². The number of carbonyl (C=O) groups is 1. The average molecular weight is 341 g/mol. The highest BCUT2D eigenvalue weighted by molar-refractivity contribution is 5.78. The van der Waals surface area contributed by atoms with Crippen LogP contribution in [0.3, 0.4) is 0 Å². The third kappa shape index (κ3) is 4.52. The molecule has 1 saturated heterocycles. The smallest absolute Gasteiger partial charge is 0.237 e. The van der Waals surface area contributed by atoms with Crippen molar-refractivity contribution in [2.24, 2.45) is 0 Å². The molecule has 0 radical (unpaired) electrons. The van der Waals surface area contributed by atoms with Gasteiger partial charge < -0.3 is 19.9 Å². The number of likely N-dealkylation sites (N-methyl/N-ethyl adjacent to an activating group) is 1. The third-order valence-corrected chi connectivity index (χ3v) is 3.92. The Balaban J connectivity index is 1.79. The van der Waals surface area contributed by atoms with Crippen LogP contribution in [0.4, 0.5) is 11.5 Å². The minimum absolute atomic E-state index is 0.0586. The average Bonchev–Trinajstić information content (AvgIpc) is 2.62. The SMILES string of the molecule is CN(C)CC(=O)N1CCOC[C@H]1c1nccc(Nc2ccccc2)n1. The molecule has 1 atom stereocenters. The maximum absolute atomic E-state index is 12.5. The van der Waals surface area contributed by atoms with E-state index in [0.717, 1.165) is 5.69 Å². The van der Waals surface area contributed by atoms with Crippen LogP contribution in [0.15, 0.2) is 42.6 Å². The van der Waals surface area contributed by atoms with Crippen molar-refractivity contribution >= 4 is 17.4 Å². The summed E-state index contributed by atoms with van der Waals surface area (Å²) in [5, 5.41) is 3.26. The number of morpholine rings is 1. The van der Waals surface area contributed by atoms with Crippen molar-refractivity contribution in [1.82, 2.24) is 19.8 Å². The van der Waals surface area contributed by atoms with Crippen LogP contribution in [-0.2, 0) is 9.53 Å². The van der Waals surface area contributed by atoms with Crippen LogP contribution in [0, 0.1) is 0 Å². The molecule has 1 aliphatic heterocycles. The molecule has 0 saturated carbocycles. The number of hydrogen-bond donors (Lipinski definition) is 1. The van der Waals surface area contributed by atoms with Gasteiger partial charge in [-0.2, -0.15) is 0 Å². The molecule has 0 bridgehead atoms. The van der Waals surface area contributed by atoms with E-state index in [0.29, 0.717) is 37.9 Å². The van der Waals surface area contributed by atoms with Gasteiger partial charge in [-0.1, -0.05) is 18.2 Å². The van der Waals surface area contributed by atoms with Gasteiger partial charge in [0.1, 0.15) is 11.9 Å². The van der Waals surface area contributed by atoms with E-state index < -0.39 is 0 Å². The van der Waals surface area contributed by atoms with E-state index in [-0.39, 0.29) is 11.9 Å². The van der Waals surface area contributed by atoms with Crippen LogP contribution in [0.1, 0.15) is 11.9 Å². The van der Waals surface area contributed by atoms with Crippen molar-refractivity contribution in [3.05, 3.63) is 48.4 Å². The minimum Gasteiger partial charge on any atom is -0.377 e. The first-order valence-electron chi connectivity index (χ1n) is 8.30. The minimum atomic E-state index is -0.265. The number of para-hydroxylation sites is 1. The van der Waals surface area contributed by atoms with Gasteiger partial charge in [0.05, 0.1) is 19.8 Å². The number of benzene rings is 1. The lowest BCUT2D eigenvalue weighted by Gasteiger charge is -2.35. The Morgan fingerprint density at radius 3 is 2.88 bits per heavy atom. The molecule has 7 nitrogen and oxygen atoms in total. The van der Waals surface area contributed by atoms with Crippen LogP contribution < -0.4 is 5.32 Å². The highest BCUT2D eigenvalue weighted by Gasteiger charge is 2.30. The van der Waals surface area contributed by atoms with Gasteiger partial charge in [-0.25, -0.2) is 9.97 Å². The number of nitrogens with one attached hydrogen (secondary N) is 1. The van der Waals surface area contributed by atoms with Crippen molar-refractivity contribution in [3.63, 3.8) is 0 Å². The lowest BCUT2D eigenvalue weighted by molar-refractivity contribution is -0.141. The summed E-state index contributed by atoms with van der Waals surface area (Å²) in [6, 6.07) is 11.4. The first-order valence-corrected chi connectivity index (χ1v) is 8.30. The largest absolute Gasteiger partial charge is 0.377 e. The Hall–Kier alpha value is -2.51. The first-order chi connectivity index (χ1) is 12.1. The van der Waals surface area contributed by atoms with Crippen LogP contribution in [0.2, 0.25) is 0 Å². The lowest BCUT2D eigenvalue weighted by atomic mass is 10.2. The molecule has 1 N–H and O–H groups in total. The molecule has 1 fully saturated rings. The predicted octanol–water partition coefficient (Wildman–Crippen LogP) is 1.68. The predicted molar refractivity (Wildman–Crippen MR) is 95.6 cm³/mol. The molecular weight excluding hydrogens is 318 g/mol. The summed E-state index contributed by atoms with van der Waals surface area (Å²) in [7, 11) is 3.77. The molecule has 1 aromatic heterocycles. The Bertz CT molecular complexity index is 708. The molecule has 2 aromatic rings. The van der Waals surface area contributed by atoms with Crippen LogP contribution in [-0.4, -0.2) is 66.1 Å². The Morgan fingerprint density at radius 2 is 2.12 bits per heavy atom. The van der Waals surface area contributed by atoms with Gasteiger partial charge in [0.2, 0.25) is 5.91 Å². The van der Waals surface area contributed by atoms with Gasteiger partial charge in [0.25, 0.3) is 0 Å². The van der Waals surface area contributed by atoms with E-state index in [1.165, 1.54) is 0 Å². The van der Waals surface area contributed by atoms with E-state index in [9.17, 15) is 4.79 Å². The highest BCUT2D eigenvalue weighted by Crippen LogP contribution is 2.23. The fraction of sp³-hybridized carbons (Fsp3) is 0.389. The van der Waals surface area contributed by atoms with Gasteiger partial charge >= 0.3 is 0 Å². The maximum Gasteiger partial charge on any atom is 0.237 e. The summed E-state index contributed by atoms with van der Waals surface area (Å²) in [5.74, 6) is 1.35. The molecule has 3 rings (SSSR count). The molecule has 1 aliphatic rings. The van der Waals surface area contributed by atoms with Crippen molar-refractivity contribution in [3.8, 4) is 0 Å².